The Morgan fingerprint density at radius 1 is 1.26 bits per heavy atom. The molecule has 2 N–H and O–H groups in total. The van der Waals surface area contributed by atoms with E-state index in [-0.39, 0.29) is 17.9 Å². The van der Waals surface area contributed by atoms with E-state index in [0.717, 1.165) is 16.8 Å². The van der Waals surface area contributed by atoms with Crippen molar-refractivity contribution in [3.05, 3.63) is 45.4 Å². The molecule has 0 aliphatic rings. The monoisotopic (exact) mass is 400 g/mol. The fourth-order valence-electron chi connectivity index (χ4n) is 2.33. The van der Waals surface area contributed by atoms with Crippen molar-refractivity contribution in [1.82, 2.24) is 15.6 Å². The third-order valence-electron chi connectivity index (χ3n) is 3.86. The van der Waals surface area contributed by atoms with Crippen LogP contribution >= 0.6 is 11.3 Å². The second kappa shape index (κ2) is 9.07. The molecule has 0 spiro atoms. The van der Waals surface area contributed by atoms with Gasteiger partial charge in [0.05, 0.1) is 24.9 Å². The van der Waals surface area contributed by atoms with Crippen LogP contribution in [-0.4, -0.2) is 25.1 Å². The van der Waals surface area contributed by atoms with Gasteiger partial charge in [0, 0.05) is 19.0 Å². The first-order valence-electron chi connectivity index (χ1n) is 8.37. The van der Waals surface area contributed by atoms with Crippen LogP contribution in [0.2, 0.25) is 0 Å². The van der Waals surface area contributed by atoms with Gasteiger partial charge >= 0.3 is 6.18 Å². The third-order valence-corrected chi connectivity index (χ3v) is 4.73. The smallest absolute Gasteiger partial charge is 0.416 e. The Morgan fingerprint density at radius 2 is 1.96 bits per heavy atom. The Kier molecular flexibility index (Phi) is 7.06. The zero-order chi connectivity index (χ0) is 20.0. The number of ether oxygens (including phenoxy) is 1. The van der Waals surface area contributed by atoms with Crippen LogP contribution in [0.5, 0.6) is 5.75 Å². The number of benzene rings is 1. The minimum absolute atomic E-state index is 0.0202. The highest BCUT2D eigenvalue weighted by atomic mass is 32.1. The van der Waals surface area contributed by atoms with Crippen molar-refractivity contribution in [3.8, 4) is 5.75 Å². The van der Waals surface area contributed by atoms with E-state index in [0.29, 0.717) is 18.4 Å². The lowest BCUT2D eigenvalue weighted by Gasteiger charge is -2.16. The number of guanidine groups is 1. The number of methoxy groups -OCH3 is 1. The normalized spacial score (nSPS) is 12.4. The molecule has 1 aromatic heterocycles. The zero-order valence-electron chi connectivity index (χ0n) is 15.6. The highest BCUT2D eigenvalue weighted by Gasteiger charge is 2.33. The summed E-state index contributed by atoms with van der Waals surface area (Å²) in [5.74, 6) is 0.918. The van der Waals surface area contributed by atoms with Crippen LogP contribution in [-0.2, 0) is 19.3 Å². The number of thiazole rings is 1. The van der Waals surface area contributed by atoms with Crippen LogP contribution in [0, 0.1) is 0 Å². The summed E-state index contributed by atoms with van der Waals surface area (Å²) in [6.07, 6.45) is -4.46. The molecular weight excluding hydrogens is 377 g/mol. The number of hydrogen-bond donors (Lipinski definition) is 2. The molecule has 0 radical (unpaired) electrons. The fraction of sp³-hybridized carbons (Fsp3) is 0.444. The van der Waals surface area contributed by atoms with Crippen molar-refractivity contribution in [3.63, 3.8) is 0 Å². The summed E-state index contributed by atoms with van der Waals surface area (Å²) in [4.78, 5) is 8.56. The zero-order valence-corrected chi connectivity index (χ0v) is 16.5. The largest absolute Gasteiger partial charge is 0.497 e. The number of nitrogens with zero attached hydrogens (tertiary/aromatic N) is 2. The molecule has 0 fully saturated rings. The number of halogens is 3. The van der Waals surface area contributed by atoms with Crippen LogP contribution in [0.15, 0.2) is 28.6 Å². The van der Waals surface area contributed by atoms with Gasteiger partial charge in [-0.1, -0.05) is 19.9 Å². The van der Waals surface area contributed by atoms with Gasteiger partial charge in [-0.2, -0.15) is 13.2 Å². The van der Waals surface area contributed by atoms with E-state index in [2.05, 4.69) is 34.5 Å². The number of nitrogens with one attached hydrogen (secondary N) is 2. The van der Waals surface area contributed by atoms with Crippen molar-refractivity contribution in [1.29, 1.82) is 0 Å². The van der Waals surface area contributed by atoms with Crippen molar-refractivity contribution in [2.45, 2.75) is 39.0 Å². The van der Waals surface area contributed by atoms with Crippen LogP contribution in [0.1, 0.15) is 41.6 Å². The van der Waals surface area contributed by atoms with Gasteiger partial charge in [-0.25, -0.2) is 4.98 Å². The fourth-order valence-corrected chi connectivity index (χ4v) is 3.23. The summed E-state index contributed by atoms with van der Waals surface area (Å²) in [6.45, 7) is 4.57. The summed E-state index contributed by atoms with van der Waals surface area (Å²) < 4.78 is 44.7. The first kappa shape index (κ1) is 21.0. The topological polar surface area (TPSA) is 58.5 Å². The van der Waals surface area contributed by atoms with E-state index in [1.165, 1.54) is 30.6 Å². The molecule has 0 aliphatic carbocycles. The molecule has 2 aromatic rings. The number of rotatable bonds is 6. The molecule has 5 nitrogen and oxygen atoms in total. The summed E-state index contributed by atoms with van der Waals surface area (Å²) in [6, 6.07) is 3.90. The molecule has 27 heavy (non-hydrogen) atoms. The number of hydrogen-bond acceptors (Lipinski definition) is 4. The second-order valence-corrected chi connectivity index (χ2v) is 7.06. The van der Waals surface area contributed by atoms with Crippen molar-refractivity contribution >= 4 is 17.3 Å². The predicted molar refractivity (Wildman–Crippen MR) is 101 cm³/mol. The first-order chi connectivity index (χ1) is 12.7. The Morgan fingerprint density at radius 3 is 2.52 bits per heavy atom. The van der Waals surface area contributed by atoms with E-state index >= 15 is 0 Å². The van der Waals surface area contributed by atoms with Gasteiger partial charge in [0.25, 0.3) is 0 Å². The maximum Gasteiger partial charge on any atom is 0.416 e. The summed E-state index contributed by atoms with van der Waals surface area (Å²) in [5.41, 5.74) is 0.404. The number of alkyl halides is 3. The van der Waals surface area contributed by atoms with E-state index in [1.54, 1.807) is 7.05 Å². The molecule has 0 bridgehead atoms. The summed E-state index contributed by atoms with van der Waals surface area (Å²) >= 11 is 1.54. The quantitative estimate of drug-likeness (QED) is 0.565. The molecule has 0 aliphatic heterocycles. The number of aliphatic imine (C=N–C) groups is 1. The van der Waals surface area contributed by atoms with Crippen LogP contribution in [0.25, 0.3) is 0 Å². The maximum absolute atomic E-state index is 13.3. The lowest BCUT2D eigenvalue weighted by molar-refractivity contribution is -0.138. The first-order valence-corrected chi connectivity index (χ1v) is 9.25. The van der Waals surface area contributed by atoms with Gasteiger partial charge in [-0.15, -0.1) is 11.3 Å². The van der Waals surface area contributed by atoms with Crippen LogP contribution in [0.4, 0.5) is 13.2 Å². The van der Waals surface area contributed by atoms with Gasteiger partial charge < -0.3 is 15.4 Å². The highest BCUT2D eigenvalue weighted by molar-refractivity contribution is 7.09. The molecule has 1 heterocycles. The molecule has 0 saturated carbocycles. The predicted octanol–water partition coefficient (Wildman–Crippen LogP) is 4.16. The average Bonchev–Trinajstić information content (AvgIpc) is 3.10. The van der Waals surface area contributed by atoms with Gasteiger partial charge in [0.2, 0.25) is 0 Å². The van der Waals surface area contributed by atoms with Gasteiger partial charge in [-0.05, 0) is 23.6 Å². The Balaban J connectivity index is 2.01. The lowest BCUT2D eigenvalue weighted by atomic mass is 10.1. The van der Waals surface area contributed by atoms with Crippen LogP contribution < -0.4 is 15.4 Å². The molecule has 1 aromatic carbocycles. The molecule has 0 unspecified atom stereocenters. The van der Waals surface area contributed by atoms with Crippen molar-refractivity contribution in [2.75, 3.05) is 14.2 Å². The molecular formula is C18H23F3N4OS. The molecule has 0 amide bonds. The third kappa shape index (κ3) is 5.85. The second-order valence-electron chi connectivity index (χ2n) is 6.12. The molecule has 2 rings (SSSR count). The molecule has 0 atom stereocenters. The van der Waals surface area contributed by atoms with E-state index in [1.807, 2.05) is 5.38 Å². The van der Waals surface area contributed by atoms with Gasteiger partial charge in [0.1, 0.15) is 10.8 Å². The molecule has 148 valence electrons. The molecule has 0 saturated heterocycles. The van der Waals surface area contributed by atoms with E-state index in [4.69, 9.17) is 4.74 Å². The highest BCUT2D eigenvalue weighted by Crippen LogP contribution is 2.34. The lowest BCUT2D eigenvalue weighted by Crippen LogP contribution is -2.36. The Labute approximate surface area is 160 Å². The summed E-state index contributed by atoms with van der Waals surface area (Å²) in [7, 11) is 2.90. The van der Waals surface area contributed by atoms with Gasteiger partial charge in [-0.3, -0.25) is 4.99 Å². The minimum atomic E-state index is -4.46. The van der Waals surface area contributed by atoms with Crippen LogP contribution in [0.3, 0.4) is 0 Å². The number of aromatic nitrogens is 1. The molecule has 9 heteroatoms. The Hall–Kier alpha value is -2.29. The average molecular weight is 400 g/mol. The SMILES string of the molecule is CN=C(NCc1nc(C(C)C)cs1)NCc1ccc(OC)cc1C(F)(F)F. The van der Waals surface area contributed by atoms with Crippen molar-refractivity contribution in [2.24, 2.45) is 4.99 Å². The summed E-state index contributed by atoms with van der Waals surface area (Å²) in [5, 5.41) is 8.88. The maximum atomic E-state index is 13.3. The van der Waals surface area contributed by atoms with Gasteiger partial charge in [0.15, 0.2) is 5.96 Å². The van der Waals surface area contributed by atoms with Crippen molar-refractivity contribution < 1.29 is 17.9 Å². The Bertz CT molecular complexity index is 787. The minimum Gasteiger partial charge on any atom is -0.497 e. The van der Waals surface area contributed by atoms with E-state index < -0.39 is 11.7 Å². The standard InChI is InChI=1S/C18H23F3N4OS/c1-11(2)15-10-27-16(25-15)9-24-17(22-3)23-8-12-5-6-13(26-4)7-14(12)18(19,20)21/h5-7,10-11H,8-9H2,1-4H3,(H2,22,23,24). The van der Waals surface area contributed by atoms with E-state index in [9.17, 15) is 13.2 Å².